The van der Waals surface area contributed by atoms with E-state index in [2.05, 4.69) is 273 Å². The fourth-order valence-corrected chi connectivity index (χ4v) is 9.31. The standard InChI is InChI=1S/C16H14.2C14H13N.C12H12.C8H10.8C2H6/c1-11-7-8-13-10-12(2)14-5-3-4-6-15(14)16(13)9-11;1-10-7-8-14-12(9-10)11-5-3-4-6-13(11)15(14)2;1-10-7-8-12-11-5-3-4-6-13(11)15(2)14(12)9-10;1-9-7-10(2)12-6-4-3-5-11(12)8-9;1-7-5-3-4-6-8(7)2;8*1-2/h3-10H,1-2H3;2*3-9H,1-2H3;3-8H,1-2H3;3-6H,1-2H3;8*1-2H3. The smallest absolute Gasteiger partial charge is 0.0491 e. The second-order valence-corrected chi connectivity index (χ2v) is 18.0. The summed E-state index contributed by atoms with van der Waals surface area (Å²) in [4.78, 5) is 0. The van der Waals surface area contributed by atoms with Gasteiger partial charge in [-0.25, -0.2) is 0 Å². The second-order valence-electron chi connectivity index (χ2n) is 18.0. The number of benzene rings is 10. The molecule has 0 aliphatic rings. The number of para-hydroxylation sites is 2. The third-order valence-corrected chi connectivity index (χ3v) is 13.0. The molecule has 0 saturated heterocycles. The van der Waals surface area contributed by atoms with Gasteiger partial charge in [-0.3, -0.25) is 0 Å². The summed E-state index contributed by atoms with van der Waals surface area (Å²) in [5, 5.41) is 13.5. The molecular formula is C80H110N2. The number of hydrogen-bond acceptors (Lipinski definition) is 0. The lowest BCUT2D eigenvalue weighted by Crippen LogP contribution is -1.86. The van der Waals surface area contributed by atoms with Gasteiger partial charge < -0.3 is 9.13 Å². The van der Waals surface area contributed by atoms with Crippen molar-refractivity contribution in [2.24, 2.45) is 14.1 Å². The van der Waals surface area contributed by atoms with Gasteiger partial charge in [-0.05, 0) is 146 Å². The van der Waals surface area contributed by atoms with Gasteiger partial charge in [-0.2, -0.15) is 0 Å². The first kappa shape index (κ1) is 74.6. The molecule has 0 unspecified atom stereocenters. The Labute approximate surface area is 501 Å². The van der Waals surface area contributed by atoms with Gasteiger partial charge in [0.2, 0.25) is 0 Å². The lowest BCUT2D eigenvalue weighted by Gasteiger charge is -2.07. The molecule has 12 rings (SSSR count). The summed E-state index contributed by atoms with van der Waals surface area (Å²) in [5.74, 6) is 0. The Kier molecular flexibility index (Phi) is 37.8. The SMILES string of the molecule is CC.CC.CC.CC.CC.CC.CC.CC.Cc1cc(C)c2ccccc2c1.Cc1ccc2c(c1)c1ccccc1n2C.Cc1ccc2c3ccccc3n(C)c2c1.Cc1ccc2cc(C)c3ccccc3c2c1.Cc1ccccc1C. The van der Waals surface area contributed by atoms with Crippen LogP contribution in [-0.2, 0) is 14.1 Å². The highest BCUT2D eigenvalue weighted by atomic mass is 14.9. The minimum absolute atomic E-state index is 1.30. The van der Waals surface area contributed by atoms with Crippen LogP contribution in [-0.4, -0.2) is 9.13 Å². The molecule has 2 heteroatoms. The van der Waals surface area contributed by atoms with Crippen molar-refractivity contribution in [2.45, 2.75) is 166 Å². The first-order valence-corrected chi connectivity index (χ1v) is 31.1. The summed E-state index contributed by atoms with van der Waals surface area (Å²) < 4.78 is 4.52. The zero-order valence-electron chi connectivity index (χ0n) is 56.4. The fourth-order valence-electron chi connectivity index (χ4n) is 9.31. The molecule has 0 amide bonds. The van der Waals surface area contributed by atoms with Gasteiger partial charge in [0.25, 0.3) is 0 Å². The van der Waals surface area contributed by atoms with E-state index in [1.54, 1.807) is 0 Å². The third kappa shape index (κ3) is 20.5. The van der Waals surface area contributed by atoms with E-state index in [0.717, 1.165) is 0 Å². The minimum atomic E-state index is 1.30. The monoisotopic (exact) mass is 1100 g/mol. The van der Waals surface area contributed by atoms with Crippen molar-refractivity contribution in [1.29, 1.82) is 0 Å². The maximum absolute atomic E-state index is 2.27. The molecule has 2 nitrogen and oxygen atoms in total. The average molecular weight is 1100 g/mol. The molecule has 2 heterocycles. The zero-order chi connectivity index (χ0) is 62.5. The number of nitrogens with zero attached hydrogens (tertiary/aromatic N) is 2. The van der Waals surface area contributed by atoms with Crippen LogP contribution in [0.1, 0.15) is 155 Å². The Hall–Kier alpha value is -7.42. The Balaban J connectivity index is 0.000000951. The number of fused-ring (bicyclic) bond motifs is 10. The molecule has 0 saturated carbocycles. The number of rotatable bonds is 0. The molecule has 10 aromatic carbocycles. The summed E-state index contributed by atoms with van der Waals surface area (Å²) in [5.41, 5.74) is 16.0. The molecule has 0 spiro atoms. The van der Waals surface area contributed by atoms with E-state index in [-0.39, 0.29) is 0 Å². The van der Waals surface area contributed by atoms with Gasteiger partial charge in [0, 0.05) is 57.7 Å². The molecule has 82 heavy (non-hydrogen) atoms. The number of aromatic nitrogens is 2. The Morgan fingerprint density at radius 1 is 0.195 bits per heavy atom. The Morgan fingerprint density at radius 3 is 1.06 bits per heavy atom. The number of aryl methyl sites for hydroxylation is 10. The quantitative estimate of drug-likeness (QED) is 0.134. The van der Waals surface area contributed by atoms with E-state index in [1.807, 2.05) is 111 Å². The van der Waals surface area contributed by atoms with Crippen LogP contribution in [0.5, 0.6) is 0 Å². The van der Waals surface area contributed by atoms with Gasteiger partial charge >= 0.3 is 0 Å². The van der Waals surface area contributed by atoms with Crippen LogP contribution in [0.3, 0.4) is 0 Å². The predicted octanol–water partition coefficient (Wildman–Crippen LogP) is 25.9. The van der Waals surface area contributed by atoms with Crippen LogP contribution in [0.2, 0.25) is 0 Å². The van der Waals surface area contributed by atoms with Crippen molar-refractivity contribution in [3.05, 3.63) is 239 Å². The van der Waals surface area contributed by atoms with E-state index in [9.17, 15) is 0 Å². The molecule has 0 atom stereocenters. The Morgan fingerprint density at radius 2 is 0.537 bits per heavy atom. The van der Waals surface area contributed by atoms with Crippen LogP contribution in [0.25, 0.3) is 75.9 Å². The molecule has 0 bridgehead atoms. The maximum Gasteiger partial charge on any atom is 0.0491 e. The molecule has 0 radical (unpaired) electrons. The second kappa shape index (κ2) is 41.6. The van der Waals surface area contributed by atoms with Gasteiger partial charge in [0.05, 0.1) is 0 Å². The molecule has 2 aromatic heterocycles. The van der Waals surface area contributed by atoms with Crippen molar-refractivity contribution in [3.8, 4) is 0 Å². The van der Waals surface area contributed by atoms with E-state index in [4.69, 9.17) is 0 Å². The summed E-state index contributed by atoms with van der Waals surface area (Å²) in [7, 11) is 4.25. The van der Waals surface area contributed by atoms with E-state index in [1.165, 1.54) is 120 Å². The van der Waals surface area contributed by atoms with Crippen LogP contribution in [0.15, 0.2) is 194 Å². The molecule has 12 aromatic rings. The normalized spacial score (nSPS) is 9.34. The topological polar surface area (TPSA) is 9.86 Å². The van der Waals surface area contributed by atoms with E-state index in [0.29, 0.717) is 0 Å². The molecule has 0 N–H and O–H groups in total. The Bertz CT molecular complexity index is 3630. The van der Waals surface area contributed by atoms with Crippen LogP contribution < -0.4 is 0 Å². The molecule has 0 fully saturated rings. The first-order valence-electron chi connectivity index (χ1n) is 31.1. The van der Waals surface area contributed by atoms with E-state index < -0.39 is 0 Å². The summed E-state index contributed by atoms with van der Waals surface area (Å²) in [6.07, 6.45) is 0. The van der Waals surface area contributed by atoms with Crippen LogP contribution in [0.4, 0.5) is 0 Å². The molecule has 440 valence electrons. The minimum Gasteiger partial charge on any atom is -0.344 e. The molecule has 0 aliphatic carbocycles. The molecular weight excluding hydrogens is 989 g/mol. The lowest BCUT2D eigenvalue weighted by atomic mass is 9.97. The summed E-state index contributed by atoms with van der Waals surface area (Å²) in [6, 6.07) is 69.3. The van der Waals surface area contributed by atoms with Crippen molar-refractivity contribution < 1.29 is 0 Å². The highest BCUT2D eigenvalue weighted by molar-refractivity contribution is 6.10. The average Bonchev–Trinajstić information content (AvgIpc) is 4.22. The lowest BCUT2D eigenvalue weighted by molar-refractivity contribution is 1.01. The van der Waals surface area contributed by atoms with Crippen LogP contribution >= 0.6 is 0 Å². The summed E-state index contributed by atoms with van der Waals surface area (Å²) in [6.45, 7) is 49.1. The largest absolute Gasteiger partial charge is 0.344 e. The van der Waals surface area contributed by atoms with Gasteiger partial charge in [0.1, 0.15) is 0 Å². The summed E-state index contributed by atoms with van der Waals surface area (Å²) >= 11 is 0. The van der Waals surface area contributed by atoms with Gasteiger partial charge in [-0.1, -0.05) is 291 Å². The van der Waals surface area contributed by atoms with Gasteiger partial charge in [-0.15, -0.1) is 0 Å². The highest BCUT2D eigenvalue weighted by Crippen LogP contribution is 2.31. The van der Waals surface area contributed by atoms with Gasteiger partial charge in [0.15, 0.2) is 0 Å². The third-order valence-electron chi connectivity index (χ3n) is 13.0. The van der Waals surface area contributed by atoms with Crippen molar-refractivity contribution in [3.63, 3.8) is 0 Å². The fraction of sp³-hybridized carbons (Fsp3) is 0.325. The maximum atomic E-state index is 2.27. The number of hydrogen-bond donors (Lipinski definition) is 0. The van der Waals surface area contributed by atoms with Crippen molar-refractivity contribution >= 4 is 75.9 Å². The zero-order valence-corrected chi connectivity index (χ0v) is 56.4. The highest BCUT2D eigenvalue weighted by Gasteiger charge is 2.08. The first-order chi connectivity index (χ1) is 39.9. The van der Waals surface area contributed by atoms with E-state index >= 15 is 0 Å². The predicted molar refractivity (Wildman–Crippen MR) is 381 cm³/mol. The molecule has 0 aliphatic heterocycles. The van der Waals surface area contributed by atoms with Crippen LogP contribution in [0, 0.1) is 55.4 Å². The van der Waals surface area contributed by atoms with Crippen molar-refractivity contribution in [1.82, 2.24) is 9.13 Å². The van der Waals surface area contributed by atoms with Crippen molar-refractivity contribution in [2.75, 3.05) is 0 Å².